The maximum Gasteiger partial charge on any atom is 0.405 e. The molecule has 2 N–H and O–H groups in total. The number of carbonyl (C=O) groups is 1. The lowest BCUT2D eigenvalue weighted by Crippen LogP contribution is -2.15. The molecule has 0 unspecified atom stereocenters. The van der Waals surface area contributed by atoms with Crippen molar-refractivity contribution in [1.82, 2.24) is 0 Å². The van der Waals surface area contributed by atoms with Gasteiger partial charge in [-0.05, 0) is 23.8 Å². The van der Waals surface area contributed by atoms with Crippen LogP contribution in [-0.2, 0) is 4.74 Å². The van der Waals surface area contributed by atoms with E-state index >= 15 is 0 Å². The van der Waals surface area contributed by atoms with Crippen LogP contribution in [0.1, 0.15) is 18.6 Å². The van der Waals surface area contributed by atoms with E-state index < -0.39 is 6.09 Å². The standard InChI is InChI=1S/C7H9NO2S/c1-5(10-7(8)9)6-2-3-11-4-6/h2-5H,1H3,(H2,8,9)/t5-/m0/s1. The number of thiophene rings is 1. The van der Waals surface area contributed by atoms with Gasteiger partial charge in [0, 0.05) is 5.56 Å². The lowest BCUT2D eigenvalue weighted by molar-refractivity contribution is 0.117. The third-order valence-corrected chi connectivity index (χ3v) is 2.01. The second-order valence-corrected chi connectivity index (χ2v) is 2.92. The minimum Gasteiger partial charge on any atom is -0.442 e. The van der Waals surface area contributed by atoms with E-state index in [1.807, 2.05) is 16.8 Å². The zero-order valence-corrected chi connectivity index (χ0v) is 6.93. The second-order valence-electron chi connectivity index (χ2n) is 2.14. The third kappa shape index (κ3) is 2.23. The molecule has 0 aliphatic heterocycles. The smallest absolute Gasteiger partial charge is 0.405 e. The van der Waals surface area contributed by atoms with Gasteiger partial charge in [0.15, 0.2) is 0 Å². The first-order valence-corrected chi connectivity index (χ1v) is 4.12. The number of carbonyl (C=O) groups excluding carboxylic acids is 1. The lowest BCUT2D eigenvalue weighted by atomic mass is 10.2. The summed E-state index contributed by atoms with van der Waals surface area (Å²) >= 11 is 1.56. The Morgan fingerprint density at radius 1 is 1.82 bits per heavy atom. The quantitative estimate of drug-likeness (QED) is 0.738. The van der Waals surface area contributed by atoms with Gasteiger partial charge in [-0.1, -0.05) is 0 Å². The van der Waals surface area contributed by atoms with Crippen molar-refractivity contribution in [1.29, 1.82) is 0 Å². The van der Waals surface area contributed by atoms with Crippen LogP contribution in [0.2, 0.25) is 0 Å². The highest BCUT2D eigenvalue weighted by Gasteiger charge is 2.07. The first-order chi connectivity index (χ1) is 5.20. The van der Waals surface area contributed by atoms with Crippen LogP contribution < -0.4 is 5.73 Å². The first-order valence-electron chi connectivity index (χ1n) is 3.18. The van der Waals surface area contributed by atoms with Gasteiger partial charge in [0.05, 0.1) is 0 Å². The van der Waals surface area contributed by atoms with Crippen molar-refractivity contribution >= 4 is 17.4 Å². The normalized spacial score (nSPS) is 12.5. The van der Waals surface area contributed by atoms with Crippen LogP contribution in [0.15, 0.2) is 16.8 Å². The van der Waals surface area contributed by atoms with Crippen molar-refractivity contribution in [2.45, 2.75) is 13.0 Å². The lowest BCUT2D eigenvalue weighted by Gasteiger charge is -2.08. The van der Waals surface area contributed by atoms with Crippen LogP contribution in [-0.4, -0.2) is 6.09 Å². The topological polar surface area (TPSA) is 52.3 Å². The van der Waals surface area contributed by atoms with Crippen LogP contribution in [0.5, 0.6) is 0 Å². The Hall–Kier alpha value is -1.03. The molecule has 0 radical (unpaired) electrons. The molecule has 0 saturated carbocycles. The summed E-state index contributed by atoms with van der Waals surface area (Å²) in [7, 11) is 0. The average Bonchev–Trinajstić information content (AvgIpc) is 2.35. The summed E-state index contributed by atoms with van der Waals surface area (Å²) in [5.41, 5.74) is 5.82. The van der Waals surface area contributed by atoms with Gasteiger partial charge in [0.25, 0.3) is 0 Å². The number of hydrogen-bond donors (Lipinski definition) is 1. The molecule has 1 heterocycles. The van der Waals surface area contributed by atoms with Crippen molar-refractivity contribution in [2.24, 2.45) is 5.73 Å². The van der Waals surface area contributed by atoms with E-state index in [9.17, 15) is 4.79 Å². The van der Waals surface area contributed by atoms with Crippen LogP contribution in [0.4, 0.5) is 4.79 Å². The number of amides is 1. The molecule has 60 valence electrons. The number of primary amides is 1. The number of nitrogens with two attached hydrogens (primary N) is 1. The zero-order valence-electron chi connectivity index (χ0n) is 6.11. The van der Waals surface area contributed by atoms with Crippen LogP contribution in [0, 0.1) is 0 Å². The molecule has 4 heteroatoms. The minimum absolute atomic E-state index is 0.237. The molecule has 1 atom stereocenters. The van der Waals surface area contributed by atoms with Crippen molar-refractivity contribution in [2.75, 3.05) is 0 Å². The van der Waals surface area contributed by atoms with Crippen LogP contribution in [0.25, 0.3) is 0 Å². The summed E-state index contributed by atoms with van der Waals surface area (Å²) in [6.45, 7) is 1.78. The fraction of sp³-hybridized carbons (Fsp3) is 0.286. The van der Waals surface area contributed by atoms with Gasteiger partial charge in [-0.15, -0.1) is 0 Å². The van der Waals surface area contributed by atoms with E-state index in [1.54, 1.807) is 18.3 Å². The van der Waals surface area contributed by atoms with Crippen molar-refractivity contribution in [3.05, 3.63) is 22.4 Å². The van der Waals surface area contributed by atoms with Gasteiger partial charge in [-0.2, -0.15) is 11.3 Å². The van der Waals surface area contributed by atoms with E-state index in [0.717, 1.165) is 5.56 Å². The zero-order chi connectivity index (χ0) is 8.27. The molecule has 1 rings (SSSR count). The summed E-state index contributed by atoms with van der Waals surface area (Å²) in [5.74, 6) is 0. The SMILES string of the molecule is C[C@H](OC(N)=O)c1ccsc1. The largest absolute Gasteiger partial charge is 0.442 e. The number of ether oxygens (including phenoxy) is 1. The predicted octanol–water partition coefficient (Wildman–Crippen LogP) is 1.90. The van der Waals surface area contributed by atoms with E-state index in [2.05, 4.69) is 0 Å². The Labute approximate surface area is 68.8 Å². The van der Waals surface area contributed by atoms with Crippen LogP contribution in [0.3, 0.4) is 0 Å². The van der Waals surface area contributed by atoms with Gasteiger partial charge >= 0.3 is 6.09 Å². The summed E-state index contributed by atoms with van der Waals surface area (Å²) in [5, 5.41) is 3.85. The fourth-order valence-electron chi connectivity index (χ4n) is 0.749. The minimum atomic E-state index is -0.733. The molecule has 0 saturated heterocycles. The maximum atomic E-state index is 10.3. The van der Waals surface area contributed by atoms with Gasteiger partial charge in [0.1, 0.15) is 6.10 Å². The molecule has 1 aromatic rings. The molecular weight excluding hydrogens is 162 g/mol. The Morgan fingerprint density at radius 3 is 3.00 bits per heavy atom. The molecule has 11 heavy (non-hydrogen) atoms. The third-order valence-electron chi connectivity index (χ3n) is 1.31. The highest BCUT2D eigenvalue weighted by atomic mass is 32.1. The molecule has 0 bridgehead atoms. The highest BCUT2D eigenvalue weighted by Crippen LogP contribution is 2.18. The summed E-state index contributed by atoms with van der Waals surface area (Å²) in [6, 6.07) is 1.90. The summed E-state index contributed by atoms with van der Waals surface area (Å²) in [4.78, 5) is 10.3. The molecule has 0 spiro atoms. The van der Waals surface area contributed by atoms with Crippen molar-refractivity contribution < 1.29 is 9.53 Å². The van der Waals surface area contributed by atoms with Crippen LogP contribution >= 0.6 is 11.3 Å². The molecular formula is C7H9NO2S. The van der Waals surface area contributed by atoms with Gasteiger partial charge in [-0.3, -0.25) is 0 Å². The number of hydrogen-bond acceptors (Lipinski definition) is 3. The van der Waals surface area contributed by atoms with Crippen molar-refractivity contribution in [3.8, 4) is 0 Å². The molecule has 0 aliphatic rings. The molecule has 1 aromatic heterocycles. The average molecular weight is 171 g/mol. The maximum absolute atomic E-state index is 10.3. The van der Waals surface area contributed by atoms with Crippen molar-refractivity contribution in [3.63, 3.8) is 0 Å². The molecule has 3 nitrogen and oxygen atoms in total. The Morgan fingerprint density at radius 2 is 2.55 bits per heavy atom. The van der Waals surface area contributed by atoms with E-state index in [4.69, 9.17) is 10.5 Å². The van der Waals surface area contributed by atoms with E-state index in [-0.39, 0.29) is 6.10 Å². The summed E-state index contributed by atoms with van der Waals surface area (Å²) in [6.07, 6.45) is -0.970. The highest BCUT2D eigenvalue weighted by molar-refractivity contribution is 7.07. The van der Waals surface area contributed by atoms with Gasteiger partial charge in [-0.25, -0.2) is 4.79 Å². The van der Waals surface area contributed by atoms with E-state index in [0.29, 0.717) is 0 Å². The first kappa shape index (κ1) is 8.07. The molecule has 0 aliphatic carbocycles. The Balaban J connectivity index is 2.56. The monoisotopic (exact) mass is 171 g/mol. The van der Waals surface area contributed by atoms with E-state index in [1.165, 1.54) is 0 Å². The van der Waals surface area contributed by atoms with Gasteiger partial charge in [0.2, 0.25) is 0 Å². The molecule has 0 fully saturated rings. The fourth-order valence-corrected chi connectivity index (χ4v) is 1.49. The molecule has 1 amide bonds. The molecule has 0 aromatic carbocycles. The predicted molar refractivity (Wildman–Crippen MR) is 43.4 cm³/mol. The Bertz CT molecular complexity index is 233. The summed E-state index contributed by atoms with van der Waals surface area (Å²) < 4.78 is 4.74. The Kier molecular flexibility index (Phi) is 2.48. The number of rotatable bonds is 2. The second kappa shape index (κ2) is 3.39. The van der Waals surface area contributed by atoms with Gasteiger partial charge < -0.3 is 10.5 Å².